The van der Waals surface area contributed by atoms with Crippen molar-refractivity contribution in [3.8, 4) is 0 Å². The standard InChI is InChI=1S/C11H19N3OS/c1-14(2)6-9-5-13-10(16-9)4-11(15-3)7-12-8-11/h5,12H,4,6-8H2,1-3H3. The van der Waals surface area contributed by atoms with E-state index in [1.54, 1.807) is 18.4 Å². The number of methoxy groups -OCH3 is 1. The van der Waals surface area contributed by atoms with Crippen LogP contribution in [0.5, 0.6) is 0 Å². The van der Waals surface area contributed by atoms with Crippen molar-refractivity contribution < 1.29 is 4.74 Å². The number of nitrogens with zero attached hydrogens (tertiary/aromatic N) is 2. The summed E-state index contributed by atoms with van der Waals surface area (Å²) in [6, 6.07) is 0. The summed E-state index contributed by atoms with van der Waals surface area (Å²) in [6.45, 7) is 2.84. The molecule has 2 heterocycles. The van der Waals surface area contributed by atoms with E-state index < -0.39 is 0 Å². The molecule has 0 spiro atoms. The molecule has 1 N–H and O–H groups in total. The molecule has 2 rings (SSSR count). The summed E-state index contributed by atoms with van der Waals surface area (Å²) in [6.07, 6.45) is 2.91. The first kappa shape index (κ1) is 12.0. The fourth-order valence-electron chi connectivity index (χ4n) is 1.84. The summed E-state index contributed by atoms with van der Waals surface area (Å²) in [4.78, 5) is 7.95. The number of nitrogens with one attached hydrogen (secondary N) is 1. The van der Waals surface area contributed by atoms with E-state index >= 15 is 0 Å². The lowest BCUT2D eigenvalue weighted by Crippen LogP contribution is -2.61. The van der Waals surface area contributed by atoms with Crippen LogP contribution in [0.2, 0.25) is 0 Å². The van der Waals surface area contributed by atoms with Gasteiger partial charge in [0.05, 0.1) is 10.6 Å². The van der Waals surface area contributed by atoms with Crippen LogP contribution in [0.15, 0.2) is 6.20 Å². The molecule has 0 aliphatic carbocycles. The molecule has 1 fully saturated rings. The summed E-state index contributed by atoms with van der Waals surface area (Å²) in [7, 11) is 5.94. The van der Waals surface area contributed by atoms with Gasteiger partial charge in [0.2, 0.25) is 0 Å². The fraction of sp³-hybridized carbons (Fsp3) is 0.727. The minimum atomic E-state index is -0.00671. The summed E-state index contributed by atoms with van der Waals surface area (Å²) in [5.74, 6) is 0. The summed E-state index contributed by atoms with van der Waals surface area (Å²) < 4.78 is 5.56. The van der Waals surface area contributed by atoms with Gasteiger partial charge < -0.3 is 15.0 Å². The van der Waals surface area contributed by atoms with E-state index in [-0.39, 0.29) is 5.60 Å². The van der Waals surface area contributed by atoms with Crippen molar-refractivity contribution in [3.05, 3.63) is 16.1 Å². The van der Waals surface area contributed by atoms with Crippen molar-refractivity contribution in [1.82, 2.24) is 15.2 Å². The second-order valence-corrected chi connectivity index (χ2v) is 5.83. The van der Waals surface area contributed by atoms with E-state index in [1.807, 2.05) is 6.20 Å². The molecule has 0 unspecified atom stereocenters. The van der Waals surface area contributed by atoms with Crippen molar-refractivity contribution in [3.63, 3.8) is 0 Å². The van der Waals surface area contributed by atoms with Gasteiger partial charge in [0.15, 0.2) is 0 Å². The molecule has 0 atom stereocenters. The normalized spacial score (nSPS) is 18.8. The highest BCUT2D eigenvalue weighted by Gasteiger charge is 2.37. The van der Waals surface area contributed by atoms with Gasteiger partial charge >= 0.3 is 0 Å². The van der Waals surface area contributed by atoms with Crippen LogP contribution in [0.3, 0.4) is 0 Å². The molecule has 0 amide bonds. The van der Waals surface area contributed by atoms with Gasteiger partial charge in [-0.05, 0) is 14.1 Å². The quantitative estimate of drug-likeness (QED) is 0.825. The molecule has 1 aromatic heterocycles. The van der Waals surface area contributed by atoms with Gasteiger partial charge in [-0.1, -0.05) is 0 Å². The average Bonchev–Trinajstić information content (AvgIpc) is 2.58. The van der Waals surface area contributed by atoms with Crippen LogP contribution in [0.4, 0.5) is 0 Å². The lowest BCUT2D eigenvalue weighted by molar-refractivity contribution is -0.0502. The van der Waals surface area contributed by atoms with Gasteiger partial charge in [-0.15, -0.1) is 11.3 Å². The highest BCUT2D eigenvalue weighted by molar-refractivity contribution is 7.11. The summed E-state index contributed by atoms with van der Waals surface area (Å²) in [5.41, 5.74) is -0.00671. The van der Waals surface area contributed by atoms with E-state index in [0.29, 0.717) is 0 Å². The number of hydrogen-bond donors (Lipinski definition) is 1. The number of ether oxygens (including phenoxy) is 1. The molecule has 0 radical (unpaired) electrons. The molecule has 5 heteroatoms. The maximum atomic E-state index is 5.56. The largest absolute Gasteiger partial charge is 0.375 e. The lowest BCUT2D eigenvalue weighted by atomic mass is 9.93. The van der Waals surface area contributed by atoms with Crippen LogP contribution in [-0.4, -0.2) is 49.8 Å². The van der Waals surface area contributed by atoms with Crippen LogP contribution in [-0.2, 0) is 17.7 Å². The Bertz CT molecular complexity index is 341. The maximum absolute atomic E-state index is 5.56. The number of thiazole rings is 1. The van der Waals surface area contributed by atoms with Gasteiger partial charge in [0.25, 0.3) is 0 Å². The molecular weight excluding hydrogens is 222 g/mol. The average molecular weight is 241 g/mol. The Morgan fingerprint density at radius 1 is 1.56 bits per heavy atom. The van der Waals surface area contributed by atoms with Crippen molar-refractivity contribution in [2.45, 2.75) is 18.6 Å². The fourth-order valence-corrected chi connectivity index (χ4v) is 3.01. The summed E-state index contributed by atoms with van der Waals surface area (Å²) in [5, 5.41) is 4.44. The van der Waals surface area contributed by atoms with Crippen LogP contribution < -0.4 is 5.32 Å². The molecule has 16 heavy (non-hydrogen) atoms. The lowest BCUT2D eigenvalue weighted by Gasteiger charge is -2.40. The highest BCUT2D eigenvalue weighted by atomic mass is 32.1. The minimum absolute atomic E-state index is 0.00671. The molecule has 1 aliphatic rings. The number of aromatic nitrogens is 1. The predicted octanol–water partition coefficient (Wildman–Crippen LogP) is 0.736. The van der Waals surface area contributed by atoms with Crippen molar-refractivity contribution >= 4 is 11.3 Å². The van der Waals surface area contributed by atoms with Crippen LogP contribution >= 0.6 is 11.3 Å². The zero-order valence-electron chi connectivity index (χ0n) is 10.1. The van der Waals surface area contributed by atoms with Crippen LogP contribution in [0.25, 0.3) is 0 Å². The van der Waals surface area contributed by atoms with Gasteiger partial charge in [0.1, 0.15) is 0 Å². The molecule has 90 valence electrons. The number of rotatable bonds is 5. The Morgan fingerprint density at radius 2 is 2.31 bits per heavy atom. The molecule has 4 nitrogen and oxygen atoms in total. The third-order valence-electron chi connectivity index (χ3n) is 2.87. The molecule has 1 saturated heterocycles. The zero-order valence-corrected chi connectivity index (χ0v) is 10.9. The van der Waals surface area contributed by atoms with Crippen molar-refractivity contribution in [1.29, 1.82) is 0 Å². The van der Waals surface area contributed by atoms with Gasteiger partial charge in [-0.25, -0.2) is 4.98 Å². The van der Waals surface area contributed by atoms with Gasteiger partial charge in [-0.2, -0.15) is 0 Å². The van der Waals surface area contributed by atoms with Gasteiger partial charge in [0, 0.05) is 44.2 Å². The van der Waals surface area contributed by atoms with E-state index in [0.717, 1.165) is 26.1 Å². The first-order valence-corrected chi connectivity index (χ1v) is 6.29. The Kier molecular flexibility index (Phi) is 3.59. The molecule has 1 aromatic rings. The third kappa shape index (κ3) is 2.60. The van der Waals surface area contributed by atoms with E-state index in [4.69, 9.17) is 4.74 Å². The number of hydrogen-bond acceptors (Lipinski definition) is 5. The Balaban J connectivity index is 1.97. The molecule has 0 bridgehead atoms. The molecular formula is C11H19N3OS. The first-order valence-electron chi connectivity index (χ1n) is 5.48. The maximum Gasteiger partial charge on any atom is 0.0989 e. The Hall–Kier alpha value is -0.490. The molecule has 1 aliphatic heterocycles. The van der Waals surface area contributed by atoms with Crippen molar-refractivity contribution in [2.24, 2.45) is 0 Å². The van der Waals surface area contributed by atoms with Crippen molar-refractivity contribution in [2.75, 3.05) is 34.3 Å². The second-order valence-electron chi connectivity index (χ2n) is 4.63. The van der Waals surface area contributed by atoms with Crippen LogP contribution in [0, 0.1) is 0 Å². The highest BCUT2D eigenvalue weighted by Crippen LogP contribution is 2.24. The Morgan fingerprint density at radius 3 is 2.81 bits per heavy atom. The third-order valence-corrected chi connectivity index (χ3v) is 3.86. The van der Waals surface area contributed by atoms with Crippen LogP contribution in [0.1, 0.15) is 9.88 Å². The first-order chi connectivity index (χ1) is 7.63. The monoisotopic (exact) mass is 241 g/mol. The zero-order chi connectivity index (χ0) is 11.6. The van der Waals surface area contributed by atoms with E-state index in [1.165, 1.54) is 9.88 Å². The predicted molar refractivity (Wildman–Crippen MR) is 65.8 cm³/mol. The Labute approximate surface area is 101 Å². The van der Waals surface area contributed by atoms with E-state index in [9.17, 15) is 0 Å². The molecule has 0 saturated carbocycles. The minimum Gasteiger partial charge on any atom is -0.375 e. The summed E-state index contributed by atoms with van der Waals surface area (Å²) >= 11 is 1.79. The van der Waals surface area contributed by atoms with Gasteiger partial charge in [-0.3, -0.25) is 0 Å². The topological polar surface area (TPSA) is 37.4 Å². The molecule has 0 aromatic carbocycles. The SMILES string of the molecule is COC1(Cc2ncc(CN(C)C)s2)CNC1. The smallest absolute Gasteiger partial charge is 0.0989 e. The van der Waals surface area contributed by atoms with E-state index in [2.05, 4.69) is 29.3 Å². The second kappa shape index (κ2) is 4.79.